The molecule has 2 N–H and O–H groups in total. The third kappa shape index (κ3) is 5.44. The molecule has 0 atom stereocenters. The first-order chi connectivity index (χ1) is 14.6. The largest absolute Gasteiger partial charge is 0.463 e. The molecule has 9 nitrogen and oxygen atoms in total. The van der Waals surface area contributed by atoms with Gasteiger partial charge in [0.2, 0.25) is 6.61 Å². The summed E-state index contributed by atoms with van der Waals surface area (Å²) in [7, 11) is 0. The fraction of sp³-hybridized carbons (Fsp3) is 0.429. The molecule has 9 heteroatoms. The van der Waals surface area contributed by atoms with Crippen LogP contribution in [0, 0.1) is 0 Å². The summed E-state index contributed by atoms with van der Waals surface area (Å²) in [6.45, 7) is 3.24. The molecule has 0 radical (unpaired) electrons. The van der Waals surface area contributed by atoms with Crippen LogP contribution in [0.4, 0.5) is 0 Å². The van der Waals surface area contributed by atoms with Crippen molar-refractivity contribution >= 4 is 17.6 Å². The number of H-pyrrole nitrogens is 1. The maximum absolute atomic E-state index is 12.9. The highest BCUT2D eigenvalue weighted by molar-refractivity contribution is 6.44. The van der Waals surface area contributed by atoms with Gasteiger partial charge in [-0.1, -0.05) is 35.5 Å². The Labute approximate surface area is 174 Å². The molecule has 2 aromatic rings. The van der Waals surface area contributed by atoms with Gasteiger partial charge in [-0.2, -0.15) is 5.10 Å². The van der Waals surface area contributed by atoms with Gasteiger partial charge in [0, 0.05) is 31.4 Å². The second-order valence-corrected chi connectivity index (χ2v) is 6.93. The summed E-state index contributed by atoms with van der Waals surface area (Å²) >= 11 is 0. The van der Waals surface area contributed by atoms with Crippen LogP contribution in [0.15, 0.2) is 47.8 Å². The highest BCUT2D eigenvalue weighted by Crippen LogP contribution is 2.34. The van der Waals surface area contributed by atoms with Crippen LogP contribution >= 0.6 is 0 Å². The topological polar surface area (TPSA) is 115 Å². The summed E-state index contributed by atoms with van der Waals surface area (Å²) in [6.07, 6.45) is 3.10. The normalized spacial score (nSPS) is 16.0. The Bertz CT molecular complexity index is 846. The van der Waals surface area contributed by atoms with Gasteiger partial charge in [0.15, 0.2) is 5.71 Å². The minimum absolute atomic E-state index is 0.00655. The number of carbonyl (C=O) groups is 2. The van der Waals surface area contributed by atoms with Crippen molar-refractivity contribution in [3.63, 3.8) is 0 Å². The van der Waals surface area contributed by atoms with E-state index in [0.29, 0.717) is 25.5 Å². The van der Waals surface area contributed by atoms with Gasteiger partial charge >= 0.3 is 5.97 Å². The molecular formula is C21H26N4O5. The summed E-state index contributed by atoms with van der Waals surface area (Å²) in [5, 5.41) is 13.4. The minimum Gasteiger partial charge on any atom is -0.463 e. The number of nitrogens with zero attached hydrogens (tertiary/aromatic N) is 2. The molecule has 2 heterocycles. The van der Waals surface area contributed by atoms with Gasteiger partial charge in [0.1, 0.15) is 0 Å². The third-order valence-electron chi connectivity index (χ3n) is 5.04. The molecule has 0 bridgehead atoms. The summed E-state index contributed by atoms with van der Waals surface area (Å²) in [6, 6.07) is 11.7. The zero-order valence-electron chi connectivity index (χ0n) is 16.9. The SMILES string of the molecule is CCOC(=O)CON=C(C(=O)NCC1(c2ccccc2)CCOCC1)c1ccn[nH]1. The number of ether oxygens (including phenoxy) is 2. The Morgan fingerprint density at radius 1 is 1.23 bits per heavy atom. The van der Waals surface area contributed by atoms with E-state index in [4.69, 9.17) is 14.3 Å². The number of esters is 1. The van der Waals surface area contributed by atoms with Crippen molar-refractivity contribution in [2.75, 3.05) is 33.0 Å². The molecule has 1 aliphatic heterocycles. The number of amides is 1. The van der Waals surface area contributed by atoms with Crippen LogP contribution in [0.2, 0.25) is 0 Å². The lowest BCUT2D eigenvalue weighted by molar-refractivity contribution is -0.148. The average molecular weight is 414 g/mol. The Morgan fingerprint density at radius 2 is 2.00 bits per heavy atom. The number of rotatable bonds is 9. The number of oxime groups is 1. The van der Waals surface area contributed by atoms with Crippen molar-refractivity contribution in [1.82, 2.24) is 15.5 Å². The van der Waals surface area contributed by atoms with Crippen LogP contribution < -0.4 is 5.32 Å². The van der Waals surface area contributed by atoms with Gasteiger partial charge in [0.25, 0.3) is 5.91 Å². The molecule has 1 aromatic carbocycles. The van der Waals surface area contributed by atoms with E-state index in [1.54, 1.807) is 13.0 Å². The highest BCUT2D eigenvalue weighted by atomic mass is 16.7. The van der Waals surface area contributed by atoms with E-state index in [-0.39, 0.29) is 24.3 Å². The number of benzene rings is 1. The molecule has 0 spiro atoms. The van der Waals surface area contributed by atoms with Crippen molar-refractivity contribution in [3.8, 4) is 0 Å². The zero-order chi connectivity index (χ0) is 21.2. The third-order valence-corrected chi connectivity index (χ3v) is 5.04. The summed E-state index contributed by atoms with van der Waals surface area (Å²) in [4.78, 5) is 29.4. The first-order valence-electron chi connectivity index (χ1n) is 9.91. The molecule has 1 saturated heterocycles. The Hall–Kier alpha value is -3.20. The first kappa shape index (κ1) is 21.5. The van der Waals surface area contributed by atoms with Crippen LogP contribution in [0.1, 0.15) is 31.0 Å². The van der Waals surface area contributed by atoms with Crippen molar-refractivity contribution in [2.45, 2.75) is 25.2 Å². The van der Waals surface area contributed by atoms with Crippen LogP contribution in [0.25, 0.3) is 0 Å². The van der Waals surface area contributed by atoms with Crippen molar-refractivity contribution in [1.29, 1.82) is 0 Å². The molecule has 1 fully saturated rings. The average Bonchev–Trinajstić information content (AvgIpc) is 3.31. The van der Waals surface area contributed by atoms with Gasteiger partial charge in [-0.25, -0.2) is 4.79 Å². The molecule has 1 aromatic heterocycles. The smallest absolute Gasteiger partial charge is 0.347 e. The van der Waals surface area contributed by atoms with E-state index in [1.807, 2.05) is 18.2 Å². The first-order valence-corrected chi connectivity index (χ1v) is 9.91. The minimum atomic E-state index is -0.559. The van der Waals surface area contributed by atoms with Gasteiger partial charge in [-0.05, 0) is 31.4 Å². The number of carbonyl (C=O) groups excluding carboxylic acids is 2. The van der Waals surface area contributed by atoms with Crippen molar-refractivity contribution in [3.05, 3.63) is 53.9 Å². The predicted octanol–water partition coefficient (Wildman–Crippen LogP) is 1.56. The number of nitrogens with one attached hydrogen (secondary N) is 2. The number of aromatic amines is 1. The van der Waals surface area contributed by atoms with E-state index in [0.717, 1.165) is 18.4 Å². The summed E-state index contributed by atoms with van der Waals surface area (Å²) in [5.74, 6) is -0.985. The standard InChI is InChI=1S/C21H26N4O5/c1-2-29-18(26)14-30-25-19(17-8-11-23-24-17)20(27)22-15-21(9-12-28-13-10-21)16-6-4-3-5-7-16/h3-8,11H,2,9-10,12-15H2,1H3,(H,22,27)(H,23,24). The van der Waals surface area contributed by atoms with E-state index in [2.05, 4.69) is 32.8 Å². The van der Waals surface area contributed by atoms with Gasteiger partial charge < -0.3 is 19.6 Å². The lowest BCUT2D eigenvalue weighted by Gasteiger charge is -2.38. The van der Waals surface area contributed by atoms with Crippen LogP contribution in [-0.4, -0.2) is 60.8 Å². The molecule has 0 saturated carbocycles. The molecule has 0 aliphatic carbocycles. The quantitative estimate of drug-likeness (QED) is 0.366. The van der Waals surface area contributed by atoms with E-state index in [9.17, 15) is 9.59 Å². The van der Waals surface area contributed by atoms with Crippen LogP contribution in [-0.2, 0) is 29.3 Å². The molecule has 3 rings (SSSR count). The molecule has 30 heavy (non-hydrogen) atoms. The fourth-order valence-corrected chi connectivity index (χ4v) is 3.41. The maximum Gasteiger partial charge on any atom is 0.347 e. The maximum atomic E-state index is 12.9. The molecule has 1 aliphatic rings. The Kier molecular flexibility index (Phi) is 7.56. The second-order valence-electron chi connectivity index (χ2n) is 6.93. The lowest BCUT2D eigenvalue weighted by atomic mass is 9.74. The van der Waals surface area contributed by atoms with Gasteiger partial charge in [0.05, 0.1) is 12.3 Å². The monoisotopic (exact) mass is 414 g/mol. The summed E-state index contributed by atoms with van der Waals surface area (Å²) in [5.41, 5.74) is 1.33. The zero-order valence-corrected chi connectivity index (χ0v) is 16.9. The van der Waals surface area contributed by atoms with Gasteiger partial charge in [-0.3, -0.25) is 9.89 Å². The van der Waals surface area contributed by atoms with E-state index < -0.39 is 11.9 Å². The Balaban J connectivity index is 1.72. The molecule has 1 amide bonds. The van der Waals surface area contributed by atoms with Gasteiger partial charge in [-0.15, -0.1) is 0 Å². The lowest BCUT2D eigenvalue weighted by Crippen LogP contribution is -2.46. The Morgan fingerprint density at radius 3 is 2.67 bits per heavy atom. The fourth-order valence-electron chi connectivity index (χ4n) is 3.41. The summed E-state index contributed by atoms with van der Waals surface area (Å²) < 4.78 is 10.3. The molecule has 160 valence electrons. The van der Waals surface area contributed by atoms with E-state index in [1.165, 1.54) is 6.20 Å². The second kappa shape index (κ2) is 10.5. The van der Waals surface area contributed by atoms with Crippen molar-refractivity contribution < 1.29 is 23.9 Å². The van der Waals surface area contributed by atoms with Crippen LogP contribution in [0.3, 0.4) is 0 Å². The van der Waals surface area contributed by atoms with Crippen LogP contribution in [0.5, 0.6) is 0 Å². The molecule has 0 unspecified atom stereocenters. The number of aromatic nitrogens is 2. The van der Waals surface area contributed by atoms with Crippen molar-refractivity contribution in [2.24, 2.45) is 5.16 Å². The molecular weight excluding hydrogens is 388 g/mol. The highest BCUT2D eigenvalue weighted by Gasteiger charge is 2.35. The van der Waals surface area contributed by atoms with E-state index >= 15 is 0 Å². The predicted molar refractivity (Wildman–Crippen MR) is 109 cm³/mol. The number of hydrogen-bond acceptors (Lipinski definition) is 7. The number of hydrogen-bond donors (Lipinski definition) is 2.